The summed E-state index contributed by atoms with van der Waals surface area (Å²) in [6.07, 6.45) is 3.56. The molecule has 0 saturated carbocycles. The summed E-state index contributed by atoms with van der Waals surface area (Å²) < 4.78 is 0. The highest BCUT2D eigenvalue weighted by Gasteiger charge is 2.04. The number of hydrogen-bond acceptors (Lipinski definition) is 1. The number of unbranched alkanes of at least 4 members (excludes halogenated alkanes) is 1. The van der Waals surface area contributed by atoms with Gasteiger partial charge in [-0.05, 0) is 67.4 Å². The van der Waals surface area contributed by atoms with E-state index in [4.69, 9.17) is 23.8 Å². The van der Waals surface area contributed by atoms with Gasteiger partial charge in [-0.25, -0.2) is 0 Å². The van der Waals surface area contributed by atoms with Gasteiger partial charge in [-0.1, -0.05) is 43.1 Å². The molecule has 4 heteroatoms. The lowest BCUT2D eigenvalue weighted by Crippen LogP contribution is -2.19. The summed E-state index contributed by atoms with van der Waals surface area (Å²) in [6.45, 7) is 4.17. The molecule has 2 nitrogen and oxygen atoms in total. The van der Waals surface area contributed by atoms with Crippen molar-refractivity contribution in [3.05, 3.63) is 58.6 Å². The second-order valence-corrected chi connectivity index (χ2v) is 6.11. The van der Waals surface area contributed by atoms with Crippen LogP contribution in [0.15, 0.2) is 42.5 Å². The maximum Gasteiger partial charge on any atom is 0.175 e. The number of halogens is 1. The molecule has 2 aromatic rings. The standard InChI is InChI=1S/C18H21ClN2S/c1-3-4-6-14-9-11-15(12-10-14)20-18(22)21-17-8-5-7-16(19)13(17)2/h5,7-12H,3-4,6H2,1-2H3,(H2,20,21,22). The molecular formula is C18H21ClN2S. The fraction of sp³-hybridized carbons (Fsp3) is 0.278. The minimum Gasteiger partial charge on any atom is -0.332 e. The molecule has 0 atom stereocenters. The molecule has 0 spiro atoms. The van der Waals surface area contributed by atoms with Gasteiger partial charge in [-0.15, -0.1) is 0 Å². The molecule has 2 N–H and O–H groups in total. The highest BCUT2D eigenvalue weighted by atomic mass is 35.5. The summed E-state index contributed by atoms with van der Waals surface area (Å²) in [5.74, 6) is 0. The van der Waals surface area contributed by atoms with E-state index < -0.39 is 0 Å². The average molecular weight is 333 g/mol. The number of benzene rings is 2. The summed E-state index contributed by atoms with van der Waals surface area (Å²) in [5.41, 5.74) is 4.25. The Hall–Kier alpha value is -1.58. The zero-order chi connectivity index (χ0) is 15.9. The zero-order valence-corrected chi connectivity index (χ0v) is 14.5. The van der Waals surface area contributed by atoms with Crippen LogP contribution in [0.1, 0.15) is 30.9 Å². The van der Waals surface area contributed by atoms with Gasteiger partial charge in [-0.2, -0.15) is 0 Å². The lowest BCUT2D eigenvalue weighted by molar-refractivity contribution is 0.795. The minimum absolute atomic E-state index is 0.562. The second-order valence-electron chi connectivity index (χ2n) is 5.29. The van der Waals surface area contributed by atoms with Gasteiger partial charge in [0.2, 0.25) is 0 Å². The quantitative estimate of drug-likeness (QED) is 0.676. The Bertz CT molecular complexity index is 638. The Morgan fingerprint density at radius 3 is 2.50 bits per heavy atom. The van der Waals surface area contributed by atoms with Crippen molar-refractivity contribution in [2.45, 2.75) is 33.1 Å². The van der Waals surface area contributed by atoms with Crippen molar-refractivity contribution in [3.8, 4) is 0 Å². The number of nitrogens with one attached hydrogen (secondary N) is 2. The van der Waals surface area contributed by atoms with Gasteiger partial charge in [0, 0.05) is 16.4 Å². The van der Waals surface area contributed by atoms with Crippen LogP contribution in [0.3, 0.4) is 0 Å². The fourth-order valence-electron chi connectivity index (χ4n) is 2.16. The predicted molar refractivity (Wildman–Crippen MR) is 101 cm³/mol. The smallest absolute Gasteiger partial charge is 0.175 e. The maximum absolute atomic E-state index is 6.11. The van der Waals surface area contributed by atoms with Crippen molar-refractivity contribution < 1.29 is 0 Å². The first-order valence-corrected chi connectivity index (χ1v) is 8.31. The van der Waals surface area contributed by atoms with E-state index in [2.05, 4.69) is 41.8 Å². The second kappa shape index (κ2) is 8.16. The highest BCUT2D eigenvalue weighted by molar-refractivity contribution is 7.80. The van der Waals surface area contributed by atoms with Crippen LogP contribution in [0.5, 0.6) is 0 Å². The van der Waals surface area contributed by atoms with Gasteiger partial charge >= 0.3 is 0 Å². The van der Waals surface area contributed by atoms with Crippen molar-refractivity contribution >= 4 is 40.3 Å². The summed E-state index contributed by atoms with van der Waals surface area (Å²) in [6, 6.07) is 14.1. The molecule has 0 aliphatic rings. The molecule has 0 fully saturated rings. The molecule has 2 aromatic carbocycles. The van der Waals surface area contributed by atoms with Crippen molar-refractivity contribution in [1.29, 1.82) is 0 Å². The minimum atomic E-state index is 0.562. The Morgan fingerprint density at radius 2 is 1.82 bits per heavy atom. The molecule has 116 valence electrons. The van der Waals surface area contributed by atoms with E-state index in [0.29, 0.717) is 5.11 Å². The van der Waals surface area contributed by atoms with Crippen LogP contribution in [0.2, 0.25) is 5.02 Å². The normalized spacial score (nSPS) is 10.3. The first kappa shape index (κ1) is 16.8. The lowest BCUT2D eigenvalue weighted by atomic mass is 10.1. The van der Waals surface area contributed by atoms with Crippen molar-refractivity contribution in [1.82, 2.24) is 0 Å². The lowest BCUT2D eigenvalue weighted by Gasteiger charge is -2.13. The van der Waals surface area contributed by atoms with Crippen LogP contribution in [0, 0.1) is 6.92 Å². The Kier molecular flexibility index (Phi) is 6.22. The van der Waals surface area contributed by atoms with Crippen molar-refractivity contribution in [2.75, 3.05) is 10.6 Å². The van der Waals surface area contributed by atoms with Gasteiger partial charge in [0.25, 0.3) is 0 Å². The highest BCUT2D eigenvalue weighted by Crippen LogP contribution is 2.23. The Labute approximate surface area is 142 Å². The van der Waals surface area contributed by atoms with E-state index in [-0.39, 0.29) is 0 Å². The number of rotatable bonds is 5. The third-order valence-electron chi connectivity index (χ3n) is 3.55. The fourth-order valence-corrected chi connectivity index (χ4v) is 2.57. The van der Waals surface area contributed by atoms with Crippen molar-refractivity contribution in [3.63, 3.8) is 0 Å². The largest absolute Gasteiger partial charge is 0.332 e. The molecule has 0 heterocycles. The number of hydrogen-bond donors (Lipinski definition) is 2. The number of thiocarbonyl (C=S) groups is 1. The summed E-state index contributed by atoms with van der Waals surface area (Å²) in [5, 5.41) is 7.67. The molecule has 2 rings (SSSR count). The SMILES string of the molecule is CCCCc1ccc(NC(=S)Nc2cccc(Cl)c2C)cc1. The Morgan fingerprint density at radius 1 is 1.09 bits per heavy atom. The van der Waals surface area contributed by atoms with E-state index in [1.54, 1.807) is 0 Å². The molecule has 0 bridgehead atoms. The van der Waals surface area contributed by atoms with E-state index in [1.165, 1.54) is 18.4 Å². The van der Waals surface area contributed by atoms with E-state index >= 15 is 0 Å². The monoisotopic (exact) mass is 332 g/mol. The van der Waals surface area contributed by atoms with Gasteiger partial charge in [0.1, 0.15) is 0 Å². The topological polar surface area (TPSA) is 24.1 Å². The summed E-state index contributed by atoms with van der Waals surface area (Å²) in [7, 11) is 0. The third-order valence-corrected chi connectivity index (χ3v) is 4.16. The predicted octanol–water partition coefficient (Wildman–Crippen LogP) is 5.80. The van der Waals surface area contributed by atoms with Crippen LogP contribution < -0.4 is 10.6 Å². The van der Waals surface area contributed by atoms with E-state index in [9.17, 15) is 0 Å². The van der Waals surface area contributed by atoms with Crippen molar-refractivity contribution in [2.24, 2.45) is 0 Å². The first-order valence-electron chi connectivity index (χ1n) is 7.52. The summed E-state index contributed by atoms with van der Waals surface area (Å²) >= 11 is 11.5. The third kappa shape index (κ3) is 4.72. The molecule has 0 saturated heterocycles. The average Bonchev–Trinajstić information content (AvgIpc) is 2.51. The number of aryl methyl sites for hydroxylation is 1. The first-order chi connectivity index (χ1) is 10.6. The van der Waals surface area contributed by atoms with Gasteiger partial charge in [-0.3, -0.25) is 0 Å². The van der Waals surface area contributed by atoms with Gasteiger partial charge < -0.3 is 10.6 Å². The molecule has 0 radical (unpaired) electrons. The van der Waals surface area contributed by atoms with Crippen LogP contribution in [-0.2, 0) is 6.42 Å². The van der Waals surface area contributed by atoms with E-state index in [1.807, 2.05) is 25.1 Å². The van der Waals surface area contributed by atoms with E-state index in [0.717, 1.165) is 28.4 Å². The Balaban J connectivity index is 1.95. The molecule has 0 amide bonds. The molecule has 0 aliphatic carbocycles. The number of anilines is 2. The maximum atomic E-state index is 6.11. The molecule has 0 unspecified atom stereocenters. The zero-order valence-electron chi connectivity index (χ0n) is 12.9. The van der Waals surface area contributed by atoms with Gasteiger partial charge in [0.05, 0.1) is 0 Å². The van der Waals surface area contributed by atoms with Crippen LogP contribution >= 0.6 is 23.8 Å². The molecule has 0 aliphatic heterocycles. The molecular weight excluding hydrogens is 312 g/mol. The van der Waals surface area contributed by atoms with Gasteiger partial charge in [0.15, 0.2) is 5.11 Å². The van der Waals surface area contributed by atoms with Crippen LogP contribution in [-0.4, -0.2) is 5.11 Å². The summed E-state index contributed by atoms with van der Waals surface area (Å²) in [4.78, 5) is 0. The molecule has 22 heavy (non-hydrogen) atoms. The molecule has 0 aromatic heterocycles. The van der Waals surface area contributed by atoms with Crippen LogP contribution in [0.4, 0.5) is 11.4 Å². The van der Waals surface area contributed by atoms with Crippen LogP contribution in [0.25, 0.3) is 0 Å².